The summed E-state index contributed by atoms with van der Waals surface area (Å²) in [6, 6.07) is 6.88. The van der Waals surface area contributed by atoms with Crippen LogP contribution in [0.15, 0.2) is 24.3 Å². The van der Waals surface area contributed by atoms with E-state index < -0.39 is 0 Å². The molecule has 0 radical (unpaired) electrons. The highest BCUT2D eigenvalue weighted by Gasteiger charge is 2.03. The van der Waals surface area contributed by atoms with Crippen molar-refractivity contribution < 1.29 is 9.50 Å². The maximum absolute atomic E-state index is 12.7. The highest BCUT2D eigenvalue weighted by Crippen LogP contribution is 2.12. The average molecular weight is 239 g/mol. The fourth-order valence-electron chi connectivity index (χ4n) is 1.78. The molecule has 2 nitrogen and oxygen atoms in total. The first-order valence-electron chi connectivity index (χ1n) is 6.33. The SMILES string of the molecule is C[C@@H](NCCCCCCO)c1ccc(F)cc1. The number of unbranched alkanes of at least 4 members (excludes halogenated alkanes) is 3. The molecular formula is C14H22FNO. The molecule has 96 valence electrons. The average Bonchev–Trinajstić information content (AvgIpc) is 2.34. The van der Waals surface area contributed by atoms with Gasteiger partial charge in [-0.15, -0.1) is 0 Å². The predicted octanol–water partition coefficient (Wildman–Crippen LogP) is 3.03. The molecule has 0 aliphatic heterocycles. The van der Waals surface area contributed by atoms with Crippen LogP contribution >= 0.6 is 0 Å². The summed E-state index contributed by atoms with van der Waals surface area (Å²) < 4.78 is 12.7. The third-order valence-corrected chi connectivity index (χ3v) is 2.91. The first-order valence-corrected chi connectivity index (χ1v) is 6.33. The van der Waals surface area contributed by atoms with E-state index in [9.17, 15) is 4.39 Å². The van der Waals surface area contributed by atoms with E-state index in [0.717, 1.165) is 37.8 Å². The van der Waals surface area contributed by atoms with Gasteiger partial charge in [-0.2, -0.15) is 0 Å². The van der Waals surface area contributed by atoms with E-state index >= 15 is 0 Å². The lowest BCUT2D eigenvalue weighted by Gasteiger charge is -2.14. The van der Waals surface area contributed by atoms with Crippen LogP contribution < -0.4 is 5.32 Å². The Kier molecular flexibility index (Phi) is 6.82. The Morgan fingerprint density at radius 2 is 1.76 bits per heavy atom. The highest BCUT2D eigenvalue weighted by molar-refractivity contribution is 5.19. The van der Waals surface area contributed by atoms with E-state index in [0.29, 0.717) is 6.61 Å². The van der Waals surface area contributed by atoms with Gasteiger partial charge in [-0.1, -0.05) is 25.0 Å². The van der Waals surface area contributed by atoms with Crippen LogP contribution in [0.4, 0.5) is 4.39 Å². The Morgan fingerprint density at radius 3 is 2.41 bits per heavy atom. The number of hydrogen-bond donors (Lipinski definition) is 2. The molecule has 0 heterocycles. The van der Waals surface area contributed by atoms with Gasteiger partial charge in [0.1, 0.15) is 5.82 Å². The molecule has 1 aromatic carbocycles. The van der Waals surface area contributed by atoms with Crippen molar-refractivity contribution in [2.75, 3.05) is 13.2 Å². The number of hydrogen-bond acceptors (Lipinski definition) is 2. The topological polar surface area (TPSA) is 32.3 Å². The van der Waals surface area contributed by atoms with Gasteiger partial charge in [0.05, 0.1) is 0 Å². The van der Waals surface area contributed by atoms with Crippen molar-refractivity contribution in [3.05, 3.63) is 35.6 Å². The van der Waals surface area contributed by atoms with Gasteiger partial charge in [-0.25, -0.2) is 4.39 Å². The predicted molar refractivity (Wildman–Crippen MR) is 68.4 cm³/mol. The summed E-state index contributed by atoms with van der Waals surface area (Å²) in [5.41, 5.74) is 1.11. The van der Waals surface area contributed by atoms with Crippen LogP contribution in [0, 0.1) is 5.82 Å². The van der Waals surface area contributed by atoms with Crippen molar-refractivity contribution in [2.24, 2.45) is 0 Å². The molecular weight excluding hydrogens is 217 g/mol. The van der Waals surface area contributed by atoms with E-state index in [-0.39, 0.29) is 11.9 Å². The minimum atomic E-state index is -0.190. The summed E-state index contributed by atoms with van der Waals surface area (Å²) in [4.78, 5) is 0. The molecule has 0 fully saturated rings. The first kappa shape index (κ1) is 14.1. The second kappa shape index (κ2) is 8.20. The molecule has 2 N–H and O–H groups in total. The van der Waals surface area contributed by atoms with Gasteiger partial charge in [0, 0.05) is 12.6 Å². The molecule has 0 unspecified atom stereocenters. The van der Waals surface area contributed by atoms with Crippen LogP contribution in [0.1, 0.15) is 44.2 Å². The minimum Gasteiger partial charge on any atom is -0.396 e. The minimum absolute atomic E-state index is 0.190. The highest BCUT2D eigenvalue weighted by atomic mass is 19.1. The maximum atomic E-state index is 12.7. The molecule has 1 rings (SSSR count). The number of rotatable bonds is 8. The maximum Gasteiger partial charge on any atom is 0.123 e. The fourth-order valence-corrected chi connectivity index (χ4v) is 1.78. The van der Waals surface area contributed by atoms with Crippen molar-refractivity contribution >= 4 is 0 Å². The lowest BCUT2D eigenvalue weighted by Crippen LogP contribution is -2.19. The summed E-state index contributed by atoms with van der Waals surface area (Å²) in [7, 11) is 0. The zero-order valence-electron chi connectivity index (χ0n) is 10.5. The van der Waals surface area contributed by atoms with Gasteiger partial charge < -0.3 is 10.4 Å². The van der Waals surface area contributed by atoms with Crippen molar-refractivity contribution in [2.45, 2.75) is 38.6 Å². The monoisotopic (exact) mass is 239 g/mol. The van der Waals surface area contributed by atoms with Gasteiger partial charge in [0.2, 0.25) is 0 Å². The summed E-state index contributed by atoms with van der Waals surface area (Å²) in [6.07, 6.45) is 4.24. The third kappa shape index (κ3) is 5.80. The van der Waals surface area contributed by atoms with Crippen LogP contribution in [0.2, 0.25) is 0 Å². The molecule has 3 heteroatoms. The largest absolute Gasteiger partial charge is 0.396 e. The van der Waals surface area contributed by atoms with Gasteiger partial charge in [0.15, 0.2) is 0 Å². The molecule has 0 amide bonds. The molecule has 0 bridgehead atoms. The lowest BCUT2D eigenvalue weighted by molar-refractivity contribution is 0.282. The van der Waals surface area contributed by atoms with Gasteiger partial charge in [-0.05, 0) is 44.0 Å². The van der Waals surface area contributed by atoms with Crippen molar-refractivity contribution in [1.82, 2.24) is 5.32 Å². The number of nitrogens with one attached hydrogen (secondary N) is 1. The standard InChI is InChI=1S/C14H22FNO/c1-12(13-6-8-14(15)9-7-13)16-10-4-2-3-5-11-17/h6-9,12,16-17H,2-5,10-11H2,1H3/t12-/m1/s1. The Balaban J connectivity index is 2.16. The van der Waals surface area contributed by atoms with Crippen molar-refractivity contribution in [3.8, 4) is 0 Å². The summed E-state index contributed by atoms with van der Waals surface area (Å²) in [6.45, 7) is 3.34. The molecule has 0 aromatic heterocycles. The number of halogens is 1. The van der Waals surface area contributed by atoms with Gasteiger partial charge >= 0.3 is 0 Å². The summed E-state index contributed by atoms with van der Waals surface area (Å²) in [5, 5.41) is 12.0. The van der Waals surface area contributed by atoms with E-state index in [4.69, 9.17) is 5.11 Å². The van der Waals surface area contributed by atoms with Crippen molar-refractivity contribution in [1.29, 1.82) is 0 Å². The molecule has 0 spiro atoms. The number of benzene rings is 1. The Bertz CT molecular complexity index is 300. The quantitative estimate of drug-likeness (QED) is 0.683. The molecule has 1 atom stereocenters. The summed E-state index contributed by atoms with van der Waals surface area (Å²) >= 11 is 0. The summed E-state index contributed by atoms with van der Waals surface area (Å²) in [5.74, 6) is -0.190. The second-order valence-electron chi connectivity index (χ2n) is 4.37. The Labute approximate surface area is 103 Å². The normalized spacial score (nSPS) is 12.6. The molecule has 0 aliphatic rings. The van der Waals surface area contributed by atoms with Crippen molar-refractivity contribution in [3.63, 3.8) is 0 Å². The molecule has 0 saturated carbocycles. The zero-order chi connectivity index (χ0) is 12.5. The zero-order valence-corrected chi connectivity index (χ0v) is 10.5. The Morgan fingerprint density at radius 1 is 1.12 bits per heavy atom. The lowest BCUT2D eigenvalue weighted by atomic mass is 10.1. The van der Waals surface area contributed by atoms with Crippen LogP contribution in [0.25, 0.3) is 0 Å². The smallest absolute Gasteiger partial charge is 0.123 e. The fraction of sp³-hybridized carbons (Fsp3) is 0.571. The van der Waals surface area contributed by atoms with Crippen LogP contribution in [0.3, 0.4) is 0 Å². The molecule has 0 aliphatic carbocycles. The van der Waals surface area contributed by atoms with Crippen LogP contribution in [-0.2, 0) is 0 Å². The second-order valence-corrected chi connectivity index (χ2v) is 4.37. The van der Waals surface area contributed by atoms with Crippen LogP contribution in [-0.4, -0.2) is 18.3 Å². The van der Waals surface area contributed by atoms with E-state index in [1.165, 1.54) is 12.1 Å². The number of aliphatic hydroxyl groups is 1. The van der Waals surface area contributed by atoms with Crippen LogP contribution in [0.5, 0.6) is 0 Å². The van der Waals surface area contributed by atoms with E-state index in [1.54, 1.807) is 0 Å². The van der Waals surface area contributed by atoms with E-state index in [1.807, 2.05) is 12.1 Å². The first-order chi connectivity index (χ1) is 8.24. The number of aliphatic hydroxyl groups excluding tert-OH is 1. The van der Waals surface area contributed by atoms with E-state index in [2.05, 4.69) is 12.2 Å². The third-order valence-electron chi connectivity index (χ3n) is 2.91. The molecule has 1 aromatic rings. The molecule has 17 heavy (non-hydrogen) atoms. The van der Waals surface area contributed by atoms with Gasteiger partial charge in [-0.3, -0.25) is 0 Å². The molecule has 0 saturated heterocycles. The Hall–Kier alpha value is -0.930. The van der Waals surface area contributed by atoms with Gasteiger partial charge in [0.25, 0.3) is 0 Å².